The van der Waals surface area contributed by atoms with Gasteiger partial charge in [0.25, 0.3) is 0 Å². The smallest absolute Gasteiger partial charge is 0.0802 e. The minimum Gasteiger partial charge on any atom is -0.354 e. The molecule has 0 amide bonds. The van der Waals surface area contributed by atoms with Crippen molar-refractivity contribution in [2.75, 3.05) is 0 Å². The molecule has 1 N–H and O–H groups in total. The lowest BCUT2D eigenvalue weighted by atomic mass is 10.0. The molecule has 2 aromatic heterocycles. The van der Waals surface area contributed by atoms with E-state index in [1.165, 1.54) is 16.2 Å². The monoisotopic (exact) mass is 294 g/mol. The molecule has 0 fully saturated rings. The van der Waals surface area contributed by atoms with Gasteiger partial charge in [-0.1, -0.05) is 54.6 Å². The number of H-pyrrole nitrogens is 1. The first-order valence-electron chi connectivity index (χ1n) is 7.75. The summed E-state index contributed by atoms with van der Waals surface area (Å²) in [6.07, 6.45) is 0. The third kappa shape index (κ3) is 1.92. The van der Waals surface area contributed by atoms with Crippen molar-refractivity contribution >= 4 is 32.7 Å². The van der Waals surface area contributed by atoms with Gasteiger partial charge in [0.05, 0.1) is 11.0 Å². The topological polar surface area (TPSA) is 28.7 Å². The van der Waals surface area contributed by atoms with Gasteiger partial charge in [-0.15, -0.1) is 0 Å². The quantitative estimate of drug-likeness (QED) is 0.404. The second kappa shape index (κ2) is 4.68. The number of nitrogens with zero attached hydrogens (tertiary/aromatic N) is 1. The first kappa shape index (κ1) is 12.4. The fourth-order valence-corrected chi connectivity index (χ4v) is 3.24. The fraction of sp³-hybridized carbons (Fsp3) is 0. The summed E-state index contributed by atoms with van der Waals surface area (Å²) in [7, 11) is 0. The maximum atomic E-state index is 4.90. The molecule has 23 heavy (non-hydrogen) atoms. The summed E-state index contributed by atoms with van der Waals surface area (Å²) in [6.45, 7) is 0. The minimum absolute atomic E-state index is 1.03. The summed E-state index contributed by atoms with van der Waals surface area (Å²) < 4.78 is 0. The summed E-state index contributed by atoms with van der Waals surface area (Å²) >= 11 is 0. The summed E-state index contributed by atoms with van der Waals surface area (Å²) in [4.78, 5) is 8.42. The molecule has 2 heterocycles. The number of nitrogens with one attached hydrogen (secondary N) is 1. The van der Waals surface area contributed by atoms with Crippen molar-refractivity contribution in [1.29, 1.82) is 0 Å². The molecule has 2 heteroatoms. The van der Waals surface area contributed by atoms with E-state index in [9.17, 15) is 0 Å². The molecule has 2 nitrogen and oxygen atoms in total. The van der Waals surface area contributed by atoms with Crippen LogP contribution in [0.4, 0.5) is 0 Å². The van der Waals surface area contributed by atoms with Crippen LogP contribution in [0.2, 0.25) is 0 Å². The third-order valence-corrected chi connectivity index (χ3v) is 4.37. The highest BCUT2D eigenvalue weighted by Gasteiger charge is 2.09. The first-order chi connectivity index (χ1) is 11.4. The van der Waals surface area contributed by atoms with E-state index in [4.69, 9.17) is 4.98 Å². The maximum Gasteiger partial charge on any atom is 0.0802 e. The van der Waals surface area contributed by atoms with Crippen molar-refractivity contribution in [3.05, 3.63) is 78.9 Å². The second-order valence-electron chi connectivity index (χ2n) is 5.83. The van der Waals surface area contributed by atoms with Gasteiger partial charge in [0, 0.05) is 32.9 Å². The fourth-order valence-electron chi connectivity index (χ4n) is 3.24. The average molecular weight is 294 g/mol. The Hall–Kier alpha value is -3.13. The Labute approximate surface area is 133 Å². The molecule has 5 aromatic rings. The van der Waals surface area contributed by atoms with Gasteiger partial charge in [0.1, 0.15) is 0 Å². The van der Waals surface area contributed by atoms with Gasteiger partial charge in [0.2, 0.25) is 0 Å². The van der Waals surface area contributed by atoms with E-state index in [-0.39, 0.29) is 0 Å². The Morgan fingerprint density at radius 2 is 1.43 bits per heavy atom. The van der Waals surface area contributed by atoms with Gasteiger partial charge in [-0.3, -0.25) is 0 Å². The number of aromatic amines is 1. The Balaban J connectivity index is 1.84. The zero-order valence-corrected chi connectivity index (χ0v) is 12.5. The summed E-state index contributed by atoms with van der Waals surface area (Å²) in [5.74, 6) is 0. The van der Waals surface area contributed by atoms with E-state index in [0.29, 0.717) is 0 Å². The van der Waals surface area contributed by atoms with Crippen LogP contribution >= 0.6 is 0 Å². The number of aromatic nitrogens is 2. The lowest BCUT2D eigenvalue weighted by Crippen LogP contribution is -1.86. The molecule has 0 saturated carbocycles. The van der Waals surface area contributed by atoms with Crippen LogP contribution in [0.3, 0.4) is 0 Å². The average Bonchev–Trinajstić information content (AvgIpc) is 3.03. The lowest BCUT2D eigenvalue weighted by molar-refractivity contribution is 1.43. The molecule has 0 radical (unpaired) electrons. The summed E-state index contributed by atoms with van der Waals surface area (Å²) in [5, 5.41) is 3.56. The van der Waals surface area contributed by atoms with Crippen LogP contribution < -0.4 is 0 Å². The van der Waals surface area contributed by atoms with Crippen molar-refractivity contribution in [1.82, 2.24) is 9.97 Å². The number of hydrogen-bond acceptors (Lipinski definition) is 1. The Kier molecular flexibility index (Phi) is 2.53. The van der Waals surface area contributed by atoms with Crippen molar-refractivity contribution in [3.8, 4) is 11.3 Å². The molecule has 0 aliphatic carbocycles. The number of pyridine rings is 1. The van der Waals surface area contributed by atoms with Gasteiger partial charge in [-0.05, 0) is 24.3 Å². The van der Waals surface area contributed by atoms with Crippen LogP contribution in [-0.2, 0) is 0 Å². The number of fused-ring (bicyclic) bond motifs is 3. The number of rotatable bonds is 1. The summed E-state index contributed by atoms with van der Waals surface area (Å²) in [5.41, 5.74) is 5.48. The molecule has 0 unspecified atom stereocenters. The van der Waals surface area contributed by atoms with Gasteiger partial charge >= 0.3 is 0 Å². The van der Waals surface area contributed by atoms with Crippen LogP contribution in [0, 0.1) is 0 Å². The van der Waals surface area contributed by atoms with Crippen LogP contribution in [0.25, 0.3) is 44.0 Å². The van der Waals surface area contributed by atoms with Crippen LogP contribution in [0.1, 0.15) is 0 Å². The van der Waals surface area contributed by atoms with Crippen molar-refractivity contribution in [3.63, 3.8) is 0 Å². The largest absolute Gasteiger partial charge is 0.354 e. The zero-order chi connectivity index (χ0) is 15.2. The zero-order valence-electron chi connectivity index (χ0n) is 12.5. The lowest BCUT2D eigenvalue weighted by Gasteiger charge is -2.06. The second-order valence-corrected chi connectivity index (χ2v) is 5.83. The maximum absolute atomic E-state index is 4.90. The number of hydrogen-bond donors (Lipinski definition) is 1. The highest BCUT2D eigenvalue weighted by Crippen LogP contribution is 2.31. The van der Waals surface area contributed by atoms with Crippen molar-refractivity contribution < 1.29 is 0 Å². The van der Waals surface area contributed by atoms with E-state index in [1.54, 1.807) is 0 Å². The highest BCUT2D eigenvalue weighted by atomic mass is 14.7. The van der Waals surface area contributed by atoms with E-state index in [0.717, 1.165) is 27.8 Å². The van der Waals surface area contributed by atoms with Crippen molar-refractivity contribution in [2.45, 2.75) is 0 Å². The molecule has 0 saturated heterocycles. The van der Waals surface area contributed by atoms with Gasteiger partial charge in [0.15, 0.2) is 0 Å². The van der Waals surface area contributed by atoms with E-state index in [1.807, 2.05) is 6.07 Å². The molecule has 3 aromatic carbocycles. The number of benzene rings is 3. The Morgan fingerprint density at radius 1 is 0.652 bits per heavy atom. The Morgan fingerprint density at radius 3 is 2.35 bits per heavy atom. The standard InChI is InChI=1S/C21H14N2/c1-4-11-19-14(6-1)12-16-8-5-9-17(21(16)23-19)20-13-15-7-2-3-10-18(15)22-20/h1-13,22H. The molecular weight excluding hydrogens is 280 g/mol. The third-order valence-electron chi connectivity index (χ3n) is 4.37. The molecule has 0 aliphatic rings. The van der Waals surface area contributed by atoms with Crippen LogP contribution in [0.5, 0.6) is 0 Å². The molecule has 108 valence electrons. The molecule has 0 spiro atoms. The highest BCUT2D eigenvalue weighted by molar-refractivity contribution is 6.01. The van der Waals surface area contributed by atoms with Crippen molar-refractivity contribution in [2.24, 2.45) is 0 Å². The summed E-state index contributed by atoms with van der Waals surface area (Å²) in [6, 6.07) is 27.4. The predicted molar refractivity (Wildman–Crippen MR) is 96.5 cm³/mol. The number of para-hydroxylation sites is 3. The molecule has 0 atom stereocenters. The Bertz CT molecular complexity index is 1140. The minimum atomic E-state index is 1.03. The van der Waals surface area contributed by atoms with E-state index in [2.05, 4.69) is 77.8 Å². The molecule has 0 bridgehead atoms. The van der Waals surface area contributed by atoms with Crippen LogP contribution in [-0.4, -0.2) is 9.97 Å². The first-order valence-corrected chi connectivity index (χ1v) is 7.75. The van der Waals surface area contributed by atoms with Gasteiger partial charge < -0.3 is 4.98 Å². The molecule has 0 aliphatic heterocycles. The molecular formula is C21H14N2. The van der Waals surface area contributed by atoms with Gasteiger partial charge in [-0.25, -0.2) is 4.98 Å². The van der Waals surface area contributed by atoms with Crippen LogP contribution in [0.15, 0.2) is 78.9 Å². The van der Waals surface area contributed by atoms with E-state index >= 15 is 0 Å². The normalized spacial score (nSPS) is 11.5. The molecule has 5 rings (SSSR count). The van der Waals surface area contributed by atoms with Gasteiger partial charge in [-0.2, -0.15) is 0 Å². The SMILES string of the molecule is c1ccc2nc3c(-c4cc5ccccc5[nH]4)cccc3cc2c1. The van der Waals surface area contributed by atoms with E-state index < -0.39 is 0 Å². The predicted octanol–water partition coefficient (Wildman–Crippen LogP) is 5.54.